The number of nitrogens with zero attached hydrogens (tertiary/aromatic N) is 2. The second-order valence-corrected chi connectivity index (χ2v) is 4.24. The van der Waals surface area contributed by atoms with Crippen LogP contribution in [0.3, 0.4) is 0 Å². The first-order chi connectivity index (χ1) is 6.16. The van der Waals surface area contributed by atoms with Crippen LogP contribution >= 0.6 is 24.8 Å². The van der Waals surface area contributed by atoms with E-state index in [2.05, 4.69) is 24.1 Å². The van der Waals surface area contributed by atoms with Crippen molar-refractivity contribution in [2.24, 2.45) is 7.05 Å². The van der Waals surface area contributed by atoms with Gasteiger partial charge in [-0.05, 0) is 6.42 Å². The molecule has 0 aliphatic carbocycles. The Morgan fingerprint density at radius 1 is 1.69 bits per heavy atom. The number of hydrogen-bond acceptors (Lipinski definition) is 1. The molecule has 1 rings (SSSR count). The van der Waals surface area contributed by atoms with Crippen molar-refractivity contribution in [2.45, 2.75) is 26.3 Å². The lowest BCUT2D eigenvalue weighted by Crippen LogP contribution is -2.33. The molecule has 0 unspecified atom stereocenters. The summed E-state index contributed by atoms with van der Waals surface area (Å²) >= 11 is 9.27. The van der Waals surface area contributed by atoms with E-state index in [1.54, 1.807) is 0 Å². The maximum absolute atomic E-state index is 5.06. The van der Waals surface area contributed by atoms with Crippen LogP contribution in [0.15, 0.2) is 12.4 Å². The van der Waals surface area contributed by atoms with Gasteiger partial charge in [-0.15, -0.1) is 12.6 Å². The number of hydrogen-bond donors (Lipinski definition) is 1. The number of rotatable bonds is 4. The predicted octanol–water partition coefficient (Wildman–Crippen LogP) is 1.72. The van der Waals surface area contributed by atoms with E-state index in [4.69, 9.17) is 12.2 Å². The standard InChI is InChI=1S/C9H14N2S2/c1-3-4-5-11-7-6-10(2)8(11)9(12)13/h6-7H,3-5H2,1-2H3/p+1. The van der Waals surface area contributed by atoms with E-state index < -0.39 is 0 Å². The maximum Gasteiger partial charge on any atom is 0.306 e. The zero-order valence-corrected chi connectivity index (χ0v) is 9.74. The third kappa shape index (κ3) is 2.54. The van der Waals surface area contributed by atoms with E-state index in [-0.39, 0.29) is 0 Å². The van der Waals surface area contributed by atoms with Crippen LogP contribution < -0.4 is 4.57 Å². The minimum absolute atomic E-state index is 0.656. The Morgan fingerprint density at radius 2 is 2.38 bits per heavy atom. The lowest BCUT2D eigenvalue weighted by Gasteiger charge is -1.98. The molecule has 0 saturated heterocycles. The smallest absolute Gasteiger partial charge is 0.231 e. The van der Waals surface area contributed by atoms with Gasteiger partial charge in [-0.2, -0.15) is 0 Å². The molecule has 4 heteroatoms. The van der Waals surface area contributed by atoms with Gasteiger partial charge in [0, 0.05) is 0 Å². The van der Waals surface area contributed by atoms with Crippen LogP contribution in [-0.2, 0) is 13.6 Å². The van der Waals surface area contributed by atoms with Crippen molar-refractivity contribution in [1.82, 2.24) is 4.57 Å². The van der Waals surface area contributed by atoms with Crippen molar-refractivity contribution >= 4 is 29.0 Å². The first-order valence-corrected chi connectivity index (χ1v) is 5.30. The number of thiol groups is 1. The summed E-state index contributed by atoms with van der Waals surface area (Å²) < 4.78 is 4.81. The van der Waals surface area contributed by atoms with Crippen LogP contribution in [-0.4, -0.2) is 8.76 Å². The predicted molar refractivity (Wildman–Crippen MR) is 61.2 cm³/mol. The molecule has 72 valence electrons. The fourth-order valence-electron chi connectivity index (χ4n) is 1.31. The fourth-order valence-corrected chi connectivity index (χ4v) is 1.85. The Labute approximate surface area is 90.0 Å². The molecule has 0 radical (unpaired) electrons. The summed E-state index contributed by atoms with van der Waals surface area (Å²) in [6, 6.07) is 0. The average molecular weight is 215 g/mol. The molecule has 1 aromatic rings. The molecule has 0 amide bonds. The third-order valence-electron chi connectivity index (χ3n) is 2.02. The molecular formula is C9H15N2S2+. The van der Waals surface area contributed by atoms with Crippen LogP contribution in [0, 0.1) is 0 Å². The molecule has 0 N–H and O–H groups in total. The number of thiocarbonyl (C=S) groups is 1. The highest BCUT2D eigenvalue weighted by atomic mass is 32.1. The highest BCUT2D eigenvalue weighted by Crippen LogP contribution is 2.03. The Kier molecular flexibility index (Phi) is 3.93. The largest absolute Gasteiger partial charge is 0.306 e. The van der Waals surface area contributed by atoms with Crippen LogP contribution in [0.1, 0.15) is 25.6 Å². The molecule has 13 heavy (non-hydrogen) atoms. The number of imidazole rings is 1. The highest BCUT2D eigenvalue weighted by Gasteiger charge is 2.16. The summed E-state index contributed by atoms with van der Waals surface area (Å²) in [5.74, 6) is 1.02. The average Bonchev–Trinajstić information content (AvgIpc) is 2.43. The molecule has 1 heterocycles. The van der Waals surface area contributed by atoms with Gasteiger partial charge in [-0.25, -0.2) is 9.13 Å². The van der Waals surface area contributed by atoms with Crippen molar-refractivity contribution in [3.63, 3.8) is 0 Å². The van der Waals surface area contributed by atoms with E-state index in [0.29, 0.717) is 4.20 Å². The van der Waals surface area contributed by atoms with E-state index in [1.165, 1.54) is 12.8 Å². The Morgan fingerprint density at radius 3 is 2.92 bits per heavy atom. The number of aryl methyl sites for hydroxylation is 2. The van der Waals surface area contributed by atoms with Gasteiger partial charge < -0.3 is 0 Å². The summed E-state index contributed by atoms with van der Waals surface area (Å²) in [6.07, 6.45) is 6.43. The van der Waals surface area contributed by atoms with Crippen LogP contribution in [0.5, 0.6) is 0 Å². The van der Waals surface area contributed by atoms with E-state index in [0.717, 1.165) is 12.4 Å². The van der Waals surface area contributed by atoms with Crippen molar-refractivity contribution in [2.75, 3.05) is 0 Å². The van der Waals surface area contributed by atoms with Crippen molar-refractivity contribution in [3.05, 3.63) is 18.2 Å². The summed E-state index contributed by atoms with van der Waals surface area (Å²) in [5.41, 5.74) is 0. The van der Waals surface area contributed by atoms with Crippen LogP contribution in [0.2, 0.25) is 0 Å². The quantitative estimate of drug-likeness (QED) is 0.457. The van der Waals surface area contributed by atoms with Crippen molar-refractivity contribution in [1.29, 1.82) is 0 Å². The molecule has 0 saturated carbocycles. The second-order valence-electron chi connectivity index (χ2n) is 3.08. The van der Waals surface area contributed by atoms with Gasteiger partial charge in [-0.1, -0.05) is 25.6 Å². The minimum Gasteiger partial charge on any atom is -0.231 e. The first-order valence-electron chi connectivity index (χ1n) is 4.45. The van der Waals surface area contributed by atoms with E-state index in [1.807, 2.05) is 24.0 Å². The summed E-state index contributed by atoms with van der Waals surface area (Å²) in [4.78, 5) is 0. The molecule has 0 bridgehead atoms. The lowest BCUT2D eigenvalue weighted by atomic mass is 10.3. The van der Waals surface area contributed by atoms with Crippen LogP contribution in [0.25, 0.3) is 0 Å². The summed E-state index contributed by atoms with van der Waals surface area (Å²) in [7, 11) is 1.99. The monoisotopic (exact) mass is 215 g/mol. The SMILES string of the molecule is CCCCn1cc[n+](C)c1C(=S)S. The third-order valence-corrected chi connectivity index (χ3v) is 2.40. The molecular weight excluding hydrogens is 200 g/mol. The molecule has 0 aromatic carbocycles. The molecule has 0 spiro atoms. The molecule has 2 nitrogen and oxygen atoms in total. The van der Waals surface area contributed by atoms with Gasteiger partial charge in [0.25, 0.3) is 0 Å². The van der Waals surface area contributed by atoms with Gasteiger partial charge in [-0.3, -0.25) is 0 Å². The van der Waals surface area contributed by atoms with Gasteiger partial charge in [0.05, 0.1) is 13.6 Å². The second kappa shape index (κ2) is 4.77. The molecule has 0 atom stereocenters. The Balaban J connectivity index is 2.87. The first kappa shape index (κ1) is 10.7. The normalized spacial score (nSPS) is 10.4. The van der Waals surface area contributed by atoms with Gasteiger partial charge >= 0.3 is 5.82 Å². The summed E-state index contributed by atoms with van der Waals surface area (Å²) in [6.45, 7) is 3.20. The van der Waals surface area contributed by atoms with E-state index >= 15 is 0 Å². The number of aromatic nitrogens is 2. The van der Waals surface area contributed by atoms with Gasteiger partial charge in [0.2, 0.25) is 0 Å². The van der Waals surface area contributed by atoms with Crippen LogP contribution in [0.4, 0.5) is 0 Å². The van der Waals surface area contributed by atoms with Gasteiger partial charge in [0.1, 0.15) is 12.4 Å². The van der Waals surface area contributed by atoms with Gasteiger partial charge in [0.15, 0.2) is 4.20 Å². The zero-order valence-electron chi connectivity index (χ0n) is 8.03. The highest BCUT2D eigenvalue weighted by molar-refractivity contribution is 8.11. The topological polar surface area (TPSA) is 8.81 Å². The summed E-state index contributed by atoms with van der Waals surface area (Å²) in [5, 5.41) is 0. The number of unbranched alkanes of at least 4 members (excludes halogenated alkanes) is 1. The molecule has 1 aromatic heterocycles. The van der Waals surface area contributed by atoms with E-state index in [9.17, 15) is 0 Å². The minimum atomic E-state index is 0.656. The van der Waals surface area contributed by atoms with Crippen molar-refractivity contribution in [3.8, 4) is 0 Å². The Bertz CT molecular complexity index is 305. The molecule has 0 aliphatic heterocycles. The lowest BCUT2D eigenvalue weighted by molar-refractivity contribution is -0.671. The maximum atomic E-state index is 5.06. The molecule has 0 aliphatic rings. The molecule has 0 fully saturated rings. The Hall–Kier alpha value is -0.350. The zero-order chi connectivity index (χ0) is 9.84. The van der Waals surface area contributed by atoms with Crippen molar-refractivity contribution < 1.29 is 4.57 Å². The fraction of sp³-hybridized carbons (Fsp3) is 0.556.